The summed E-state index contributed by atoms with van der Waals surface area (Å²) in [5.74, 6) is -1.09. The van der Waals surface area contributed by atoms with Crippen LogP contribution in [0.1, 0.15) is 11.1 Å². The van der Waals surface area contributed by atoms with Crippen molar-refractivity contribution in [3.63, 3.8) is 0 Å². The Bertz CT molecular complexity index is 476. The van der Waals surface area contributed by atoms with Crippen molar-refractivity contribution in [3.8, 4) is 0 Å². The van der Waals surface area contributed by atoms with Crippen LogP contribution in [0.25, 0.3) is 6.08 Å². The Morgan fingerprint density at radius 1 is 1.17 bits per heavy atom. The Labute approximate surface area is 110 Å². The van der Waals surface area contributed by atoms with E-state index in [1.807, 2.05) is 0 Å². The number of halogens is 1. The smallest absolute Gasteiger partial charge is 0.328 e. The summed E-state index contributed by atoms with van der Waals surface area (Å²) >= 11 is 0. The van der Waals surface area contributed by atoms with Gasteiger partial charge in [0.05, 0.1) is 6.21 Å². The number of carbonyl (C=O) groups is 1. The number of carboxylic acid groups (broad SMARTS) is 1. The van der Waals surface area contributed by atoms with Gasteiger partial charge >= 0.3 is 5.97 Å². The van der Waals surface area contributed by atoms with Gasteiger partial charge in [0.2, 0.25) is 5.96 Å². The number of hydrogen-bond acceptors (Lipinski definition) is 3. The van der Waals surface area contributed by atoms with E-state index in [2.05, 4.69) is 10.2 Å². The Balaban J connectivity index is 0.00000289. The van der Waals surface area contributed by atoms with Crippen LogP contribution in [0, 0.1) is 0 Å². The van der Waals surface area contributed by atoms with E-state index >= 15 is 0 Å². The third-order valence-corrected chi connectivity index (χ3v) is 1.73. The maximum absolute atomic E-state index is 10.3. The van der Waals surface area contributed by atoms with Gasteiger partial charge in [-0.05, 0) is 17.2 Å². The van der Waals surface area contributed by atoms with Gasteiger partial charge in [-0.15, -0.1) is 17.5 Å². The molecule has 0 radical (unpaired) electrons. The van der Waals surface area contributed by atoms with Gasteiger partial charge in [-0.1, -0.05) is 24.3 Å². The molecule has 0 fully saturated rings. The van der Waals surface area contributed by atoms with Crippen LogP contribution < -0.4 is 11.5 Å². The van der Waals surface area contributed by atoms with Gasteiger partial charge in [-0.3, -0.25) is 0 Å². The molecule has 1 aromatic carbocycles. The predicted molar refractivity (Wildman–Crippen MR) is 73.8 cm³/mol. The van der Waals surface area contributed by atoms with Crippen molar-refractivity contribution in [2.24, 2.45) is 21.7 Å². The second kappa shape index (κ2) is 7.86. The quantitative estimate of drug-likeness (QED) is 0.324. The zero-order chi connectivity index (χ0) is 12.7. The Kier molecular flexibility index (Phi) is 6.83. The summed E-state index contributed by atoms with van der Waals surface area (Å²) in [7, 11) is 0. The second-order valence-corrected chi connectivity index (χ2v) is 3.11. The molecule has 96 valence electrons. The van der Waals surface area contributed by atoms with Crippen molar-refractivity contribution in [1.82, 2.24) is 0 Å². The van der Waals surface area contributed by atoms with Gasteiger partial charge in [-0.25, -0.2) is 4.79 Å². The topological polar surface area (TPSA) is 114 Å². The molecule has 0 saturated heterocycles. The number of carboxylic acids is 1. The highest BCUT2D eigenvalue weighted by Crippen LogP contribution is 2.04. The van der Waals surface area contributed by atoms with E-state index in [0.29, 0.717) is 0 Å². The first-order valence-corrected chi connectivity index (χ1v) is 4.71. The fourth-order valence-corrected chi connectivity index (χ4v) is 1.02. The first-order chi connectivity index (χ1) is 8.08. The van der Waals surface area contributed by atoms with Crippen molar-refractivity contribution >= 4 is 36.6 Å². The average molecular weight is 269 g/mol. The normalized spacial score (nSPS) is 10.2. The van der Waals surface area contributed by atoms with Gasteiger partial charge in [0.15, 0.2) is 0 Å². The lowest BCUT2D eigenvalue weighted by Crippen LogP contribution is -2.21. The average Bonchev–Trinajstić information content (AvgIpc) is 2.27. The van der Waals surface area contributed by atoms with Gasteiger partial charge < -0.3 is 16.6 Å². The third-order valence-electron chi connectivity index (χ3n) is 1.73. The molecule has 0 aliphatic heterocycles. The highest BCUT2D eigenvalue weighted by Gasteiger charge is 1.90. The minimum Gasteiger partial charge on any atom is -0.478 e. The molecule has 6 nitrogen and oxygen atoms in total. The highest BCUT2D eigenvalue weighted by molar-refractivity contribution is 5.86. The summed E-state index contributed by atoms with van der Waals surface area (Å²) in [5.41, 5.74) is 11.8. The fraction of sp³-hybridized carbons (Fsp3) is 0. The molecule has 0 heterocycles. The SMILES string of the molecule is Cl.NC(N)=NN=Cc1ccc(/C=C/C(=O)O)cc1. The van der Waals surface area contributed by atoms with Crippen molar-refractivity contribution < 1.29 is 9.90 Å². The summed E-state index contributed by atoms with van der Waals surface area (Å²) in [6.07, 6.45) is 4.06. The zero-order valence-corrected chi connectivity index (χ0v) is 10.2. The summed E-state index contributed by atoms with van der Waals surface area (Å²) in [6.45, 7) is 0. The monoisotopic (exact) mass is 268 g/mol. The minimum atomic E-state index is -0.983. The lowest BCUT2D eigenvalue weighted by Gasteiger charge is -1.94. The molecular weight excluding hydrogens is 256 g/mol. The van der Waals surface area contributed by atoms with Crippen LogP contribution in [0.15, 0.2) is 40.5 Å². The van der Waals surface area contributed by atoms with E-state index < -0.39 is 5.97 Å². The number of hydrogen-bond donors (Lipinski definition) is 3. The van der Waals surface area contributed by atoms with Crippen molar-refractivity contribution in [3.05, 3.63) is 41.5 Å². The largest absolute Gasteiger partial charge is 0.478 e. The van der Waals surface area contributed by atoms with Crippen LogP contribution in [0.5, 0.6) is 0 Å². The number of nitrogens with zero attached hydrogens (tertiary/aromatic N) is 2. The van der Waals surface area contributed by atoms with Crippen molar-refractivity contribution in [2.75, 3.05) is 0 Å². The van der Waals surface area contributed by atoms with E-state index in [1.165, 1.54) is 12.3 Å². The molecule has 1 rings (SSSR count). The number of aliphatic carboxylic acids is 1. The van der Waals surface area contributed by atoms with E-state index in [0.717, 1.165) is 17.2 Å². The van der Waals surface area contributed by atoms with Crippen LogP contribution >= 0.6 is 12.4 Å². The summed E-state index contributed by atoms with van der Waals surface area (Å²) in [6, 6.07) is 7.06. The number of rotatable bonds is 4. The molecule has 7 heteroatoms. The molecule has 0 spiro atoms. The van der Waals surface area contributed by atoms with Crippen LogP contribution in [0.3, 0.4) is 0 Å². The maximum atomic E-state index is 10.3. The lowest BCUT2D eigenvalue weighted by atomic mass is 10.1. The molecule has 18 heavy (non-hydrogen) atoms. The molecule has 0 amide bonds. The lowest BCUT2D eigenvalue weighted by molar-refractivity contribution is -0.131. The van der Waals surface area contributed by atoms with Gasteiger partial charge in [0.1, 0.15) is 0 Å². The number of benzene rings is 1. The standard InChI is InChI=1S/C11H12N4O2.ClH/c12-11(13)15-14-7-9-3-1-8(2-4-9)5-6-10(16)17;/h1-7H,(H,16,17)(H4,12,13,15);1H/b6-5+,14-7?;. The van der Waals surface area contributed by atoms with Crippen molar-refractivity contribution in [1.29, 1.82) is 0 Å². The predicted octanol–water partition coefficient (Wildman–Crippen LogP) is 0.813. The van der Waals surface area contributed by atoms with Crippen LogP contribution in [-0.2, 0) is 4.79 Å². The molecule has 0 bridgehead atoms. The van der Waals surface area contributed by atoms with Crippen LogP contribution in [0.4, 0.5) is 0 Å². The Morgan fingerprint density at radius 2 is 1.72 bits per heavy atom. The molecule has 0 aliphatic carbocycles. The first kappa shape index (κ1) is 15.7. The summed E-state index contributed by atoms with van der Waals surface area (Å²) < 4.78 is 0. The molecule has 0 aromatic heterocycles. The maximum Gasteiger partial charge on any atom is 0.328 e. The van der Waals surface area contributed by atoms with Crippen LogP contribution in [-0.4, -0.2) is 23.2 Å². The Morgan fingerprint density at radius 3 is 2.22 bits per heavy atom. The van der Waals surface area contributed by atoms with E-state index in [-0.39, 0.29) is 18.4 Å². The molecule has 0 unspecified atom stereocenters. The zero-order valence-electron chi connectivity index (χ0n) is 9.35. The van der Waals surface area contributed by atoms with E-state index in [4.69, 9.17) is 16.6 Å². The minimum absolute atomic E-state index is 0. The van der Waals surface area contributed by atoms with E-state index in [1.54, 1.807) is 24.3 Å². The van der Waals surface area contributed by atoms with Gasteiger partial charge in [0.25, 0.3) is 0 Å². The summed E-state index contributed by atoms with van der Waals surface area (Å²) in [5, 5.41) is 15.5. The Hall–Kier alpha value is -2.34. The third kappa shape index (κ3) is 6.29. The number of nitrogens with two attached hydrogens (primary N) is 2. The molecule has 0 saturated carbocycles. The van der Waals surface area contributed by atoms with Crippen LogP contribution in [0.2, 0.25) is 0 Å². The second-order valence-electron chi connectivity index (χ2n) is 3.11. The fourth-order valence-electron chi connectivity index (χ4n) is 1.02. The number of guanidine groups is 1. The van der Waals surface area contributed by atoms with Gasteiger partial charge in [0, 0.05) is 6.08 Å². The van der Waals surface area contributed by atoms with Crippen molar-refractivity contribution in [2.45, 2.75) is 0 Å². The van der Waals surface area contributed by atoms with Gasteiger partial charge in [-0.2, -0.15) is 5.10 Å². The molecule has 0 atom stereocenters. The highest BCUT2D eigenvalue weighted by atomic mass is 35.5. The molecule has 1 aromatic rings. The molecule has 5 N–H and O–H groups in total. The molecule has 0 aliphatic rings. The first-order valence-electron chi connectivity index (χ1n) is 4.71. The van der Waals surface area contributed by atoms with E-state index in [9.17, 15) is 4.79 Å². The summed E-state index contributed by atoms with van der Waals surface area (Å²) in [4.78, 5) is 10.3. The molecular formula is C11H13ClN4O2.